The fourth-order valence-electron chi connectivity index (χ4n) is 1.59. The minimum Gasteiger partial charge on any atom is -0.314 e. The van der Waals surface area contributed by atoms with Crippen LogP contribution in [0.2, 0.25) is 0 Å². The van der Waals surface area contributed by atoms with Crippen LogP contribution in [-0.4, -0.2) is 16.8 Å². The third-order valence-electron chi connectivity index (χ3n) is 2.29. The lowest BCUT2D eigenvalue weighted by atomic mass is 10.2. The number of rotatable bonds is 4. The van der Waals surface area contributed by atoms with E-state index in [1.165, 1.54) is 12.1 Å². The first kappa shape index (κ1) is 10.8. The Kier molecular flexibility index (Phi) is 3.31. The van der Waals surface area contributed by atoms with Gasteiger partial charge in [-0.1, -0.05) is 12.1 Å². The smallest absolute Gasteiger partial charge is 0.123 e. The van der Waals surface area contributed by atoms with Gasteiger partial charge >= 0.3 is 0 Å². The molecule has 0 amide bonds. The van der Waals surface area contributed by atoms with Crippen molar-refractivity contribution in [2.45, 2.75) is 13.1 Å². The molecule has 1 aromatic carbocycles. The second-order valence-electron chi connectivity index (χ2n) is 3.66. The fraction of sp³-hybridized carbons (Fsp3) is 0.250. The molecule has 2 aromatic rings. The van der Waals surface area contributed by atoms with Crippen molar-refractivity contribution in [2.75, 3.05) is 7.05 Å². The summed E-state index contributed by atoms with van der Waals surface area (Å²) in [5.74, 6) is -0.208. The van der Waals surface area contributed by atoms with Crippen LogP contribution in [0.4, 0.5) is 4.39 Å². The number of hydrogen-bond donors (Lipinski definition) is 1. The molecule has 0 fully saturated rings. The second-order valence-corrected chi connectivity index (χ2v) is 3.66. The zero-order valence-corrected chi connectivity index (χ0v) is 9.15. The van der Waals surface area contributed by atoms with Crippen molar-refractivity contribution >= 4 is 0 Å². The number of hydrogen-bond acceptors (Lipinski definition) is 2. The molecule has 0 saturated carbocycles. The molecular weight excluding hydrogens is 205 g/mol. The van der Waals surface area contributed by atoms with Gasteiger partial charge in [0.1, 0.15) is 5.82 Å². The van der Waals surface area contributed by atoms with Crippen LogP contribution in [0.25, 0.3) is 0 Å². The molecule has 1 heterocycles. The Morgan fingerprint density at radius 2 is 2.25 bits per heavy atom. The number of halogens is 1. The van der Waals surface area contributed by atoms with Gasteiger partial charge in [0.25, 0.3) is 0 Å². The Morgan fingerprint density at radius 3 is 3.00 bits per heavy atom. The maximum Gasteiger partial charge on any atom is 0.123 e. The van der Waals surface area contributed by atoms with E-state index in [9.17, 15) is 4.39 Å². The van der Waals surface area contributed by atoms with Crippen molar-refractivity contribution in [3.8, 4) is 0 Å². The van der Waals surface area contributed by atoms with Crippen LogP contribution in [0.1, 0.15) is 11.3 Å². The van der Waals surface area contributed by atoms with E-state index in [0.29, 0.717) is 6.54 Å². The molecule has 0 bridgehead atoms. The lowest BCUT2D eigenvalue weighted by molar-refractivity contribution is 0.617. The maximum atomic E-state index is 13.0. The summed E-state index contributed by atoms with van der Waals surface area (Å²) in [6.45, 7) is 1.34. The molecule has 3 nitrogen and oxygen atoms in total. The van der Waals surface area contributed by atoms with Crippen LogP contribution in [0.3, 0.4) is 0 Å². The van der Waals surface area contributed by atoms with Crippen molar-refractivity contribution in [1.29, 1.82) is 0 Å². The van der Waals surface area contributed by atoms with Crippen molar-refractivity contribution in [3.05, 3.63) is 53.6 Å². The number of nitrogens with zero attached hydrogens (tertiary/aromatic N) is 2. The van der Waals surface area contributed by atoms with Crippen LogP contribution in [-0.2, 0) is 13.1 Å². The average molecular weight is 219 g/mol. The molecule has 1 aromatic heterocycles. The van der Waals surface area contributed by atoms with Crippen LogP contribution >= 0.6 is 0 Å². The van der Waals surface area contributed by atoms with Crippen molar-refractivity contribution < 1.29 is 4.39 Å². The van der Waals surface area contributed by atoms with Gasteiger partial charge in [-0.25, -0.2) is 4.39 Å². The maximum absolute atomic E-state index is 13.0. The Morgan fingerprint density at radius 1 is 1.38 bits per heavy atom. The molecule has 0 aliphatic heterocycles. The van der Waals surface area contributed by atoms with Crippen molar-refractivity contribution in [1.82, 2.24) is 15.1 Å². The largest absolute Gasteiger partial charge is 0.314 e. The average Bonchev–Trinajstić information content (AvgIpc) is 2.66. The second kappa shape index (κ2) is 4.90. The minimum absolute atomic E-state index is 0.208. The van der Waals surface area contributed by atoms with E-state index in [1.54, 1.807) is 10.7 Å². The van der Waals surface area contributed by atoms with Crippen molar-refractivity contribution in [2.24, 2.45) is 0 Å². The molecular formula is C12H14FN3. The summed E-state index contributed by atoms with van der Waals surface area (Å²) in [4.78, 5) is 0. The fourth-order valence-corrected chi connectivity index (χ4v) is 1.59. The molecule has 0 spiro atoms. The van der Waals surface area contributed by atoms with Crippen LogP contribution in [0.15, 0.2) is 36.5 Å². The molecule has 0 radical (unpaired) electrons. The zero-order chi connectivity index (χ0) is 11.4. The molecule has 84 valence electrons. The summed E-state index contributed by atoms with van der Waals surface area (Å²) in [5.41, 5.74) is 1.90. The highest BCUT2D eigenvalue weighted by atomic mass is 19.1. The Balaban J connectivity index is 2.08. The summed E-state index contributed by atoms with van der Waals surface area (Å²) < 4.78 is 14.8. The Bertz CT molecular complexity index is 465. The van der Waals surface area contributed by atoms with Gasteiger partial charge in [0.15, 0.2) is 0 Å². The SMILES string of the molecule is CNCc1ccn(Cc2cccc(F)c2)n1. The quantitative estimate of drug-likeness (QED) is 0.849. The van der Waals surface area contributed by atoms with Gasteiger partial charge in [-0.05, 0) is 30.8 Å². The standard InChI is InChI=1S/C12H14FN3/c1-14-8-12-5-6-16(15-12)9-10-3-2-4-11(13)7-10/h2-7,14H,8-9H2,1H3. The highest BCUT2D eigenvalue weighted by molar-refractivity contribution is 5.16. The summed E-state index contributed by atoms with van der Waals surface area (Å²) in [5, 5.41) is 7.39. The van der Waals surface area contributed by atoms with E-state index in [0.717, 1.165) is 17.8 Å². The predicted molar refractivity (Wildman–Crippen MR) is 60.5 cm³/mol. The topological polar surface area (TPSA) is 29.9 Å². The van der Waals surface area contributed by atoms with E-state index >= 15 is 0 Å². The van der Waals surface area contributed by atoms with Crippen LogP contribution < -0.4 is 5.32 Å². The first-order valence-corrected chi connectivity index (χ1v) is 5.19. The molecule has 2 rings (SSSR count). The molecule has 0 saturated heterocycles. The lowest BCUT2D eigenvalue weighted by Gasteiger charge is -2.01. The third-order valence-corrected chi connectivity index (χ3v) is 2.29. The number of nitrogens with one attached hydrogen (secondary N) is 1. The number of benzene rings is 1. The van der Waals surface area contributed by atoms with Gasteiger partial charge in [0.05, 0.1) is 12.2 Å². The molecule has 0 aliphatic rings. The molecule has 16 heavy (non-hydrogen) atoms. The zero-order valence-electron chi connectivity index (χ0n) is 9.15. The first-order valence-electron chi connectivity index (χ1n) is 5.19. The van der Waals surface area contributed by atoms with E-state index in [1.807, 2.05) is 25.4 Å². The van der Waals surface area contributed by atoms with E-state index in [2.05, 4.69) is 10.4 Å². The van der Waals surface area contributed by atoms with Gasteiger partial charge in [0.2, 0.25) is 0 Å². The third kappa shape index (κ3) is 2.67. The Hall–Kier alpha value is -1.68. The van der Waals surface area contributed by atoms with Crippen LogP contribution in [0.5, 0.6) is 0 Å². The van der Waals surface area contributed by atoms with Gasteiger partial charge < -0.3 is 5.32 Å². The normalized spacial score (nSPS) is 10.6. The molecule has 0 atom stereocenters. The minimum atomic E-state index is -0.208. The first-order chi connectivity index (χ1) is 7.78. The highest BCUT2D eigenvalue weighted by Gasteiger charge is 2.00. The van der Waals surface area contributed by atoms with Gasteiger partial charge in [-0.3, -0.25) is 4.68 Å². The van der Waals surface area contributed by atoms with Gasteiger partial charge in [0, 0.05) is 12.7 Å². The molecule has 1 N–H and O–H groups in total. The van der Waals surface area contributed by atoms with E-state index in [4.69, 9.17) is 0 Å². The summed E-state index contributed by atoms with van der Waals surface area (Å²) in [6.07, 6.45) is 1.90. The summed E-state index contributed by atoms with van der Waals surface area (Å²) in [6, 6.07) is 8.53. The number of aromatic nitrogens is 2. The molecule has 0 unspecified atom stereocenters. The Labute approximate surface area is 93.9 Å². The van der Waals surface area contributed by atoms with Crippen LogP contribution in [0, 0.1) is 5.82 Å². The predicted octanol–water partition coefficient (Wildman–Crippen LogP) is 1.79. The van der Waals surface area contributed by atoms with Gasteiger partial charge in [-0.15, -0.1) is 0 Å². The van der Waals surface area contributed by atoms with Crippen molar-refractivity contribution in [3.63, 3.8) is 0 Å². The van der Waals surface area contributed by atoms with E-state index < -0.39 is 0 Å². The molecule has 0 aliphatic carbocycles. The van der Waals surface area contributed by atoms with E-state index in [-0.39, 0.29) is 5.82 Å². The summed E-state index contributed by atoms with van der Waals surface area (Å²) in [7, 11) is 1.88. The molecule has 4 heteroatoms. The monoisotopic (exact) mass is 219 g/mol. The summed E-state index contributed by atoms with van der Waals surface area (Å²) >= 11 is 0. The lowest BCUT2D eigenvalue weighted by Crippen LogP contribution is -2.07. The van der Waals surface area contributed by atoms with Gasteiger partial charge in [-0.2, -0.15) is 5.10 Å². The highest BCUT2D eigenvalue weighted by Crippen LogP contribution is 2.06.